The molecule has 0 aliphatic carbocycles. The molecule has 29 heavy (non-hydrogen) atoms. The summed E-state index contributed by atoms with van der Waals surface area (Å²) in [7, 11) is 0. The van der Waals surface area contributed by atoms with Crippen molar-refractivity contribution in [3.05, 3.63) is 93.7 Å². The normalized spacial score (nSPS) is 10.9. The van der Waals surface area contributed by atoms with Gasteiger partial charge in [0, 0.05) is 30.3 Å². The van der Waals surface area contributed by atoms with Crippen molar-refractivity contribution in [3.63, 3.8) is 0 Å². The van der Waals surface area contributed by atoms with Gasteiger partial charge in [-0.3, -0.25) is 14.9 Å². The van der Waals surface area contributed by atoms with Crippen LogP contribution in [0.1, 0.15) is 11.3 Å². The highest BCUT2D eigenvalue weighted by molar-refractivity contribution is 6.01. The highest BCUT2D eigenvalue weighted by atomic mass is 16.6. The van der Waals surface area contributed by atoms with Gasteiger partial charge >= 0.3 is 0 Å². The molecular weight excluding hydrogens is 370 g/mol. The summed E-state index contributed by atoms with van der Waals surface area (Å²) in [4.78, 5) is 22.5. The zero-order valence-electron chi connectivity index (χ0n) is 15.4. The standard InChI is InChI=1S/C22H17N3O4/c23-15-18(22(26)24-13-12-16-4-2-1-3-5-16)14-20-10-11-21(29-20)17-6-8-19(9-7-17)25(27)28/h1-11,14H,12-13H2,(H,24,26)/b18-14+. The number of hydrogen-bond acceptors (Lipinski definition) is 5. The first kappa shape index (κ1) is 19.6. The topological polar surface area (TPSA) is 109 Å². The molecule has 1 heterocycles. The summed E-state index contributed by atoms with van der Waals surface area (Å²) in [5.41, 5.74) is 1.66. The van der Waals surface area contributed by atoms with Crippen LogP contribution in [-0.2, 0) is 11.2 Å². The van der Waals surface area contributed by atoms with E-state index >= 15 is 0 Å². The molecule has 3 rings (SSSR count). The van der Waals surface area contributed by atoms with E-state index in [1.165, 1.54) is 18.2 Å². The summed E-state index contributed by atoms with van der Waals surface area (Å²) in [5, 5.41) is 22.8. The van der Waals surface area contributed by atoms with Crippen molar-refractivity contribution in [2.24, 2.45) is 0 Å². The summed E-state index contributed by atoms with van der Waals surface area (Å²) in [6.45, 7) is 0.411. The quantitative estimate of drug-likeness (QED) is 0.284. The fraction of sp³-hybridized carbons (Fsp3) is 0.0909. The van der Waals surface area contributed by atoms with Gasteiger partial charge in [0.2, 0.25) is 0 Å². The van der Waals surface area contributed by atoms with Crippen molar-refractivity contribution < 1.29 is 14.1 Å². The molecule has 1 amide bonds. The molecule has 2 aromatic carbocycles. The Morgan fingerprint density at radius 1 is 1.10 bits per heavy atom. The number of carbonyl (C=O) groups is 1. The van der Waals surface area contributed by atoms with E-state index in [9.17, 15) is 20.2 Å². The maximum atomic E-state index is 12.2. The fourth-order valence-electron chi connectivity index (χ4n) is 2.68. The molecule has 0 fully saturated rings. The lowest BCUT2D eigenvalue weighted by Crippen LogP contribution is -2.26. The van der Waals surface area contributed by atoms with Crippen LogP contribution in [0.5, 0.6) is 0 Å². The van der Waals surface area contributed by atoms with Crippen LogP contribution in [0, 0.1) is 21.4 Å². The van der Waals surface area contributed by atoms with Crippen LogP contribution >= 0.6 is 0 Å². The molecular formula is C22H17N3O4. The molecule has 0 bridgehead atoms. The molecule has 7 nitrogen and oxygen atoms in total. The van der Waals surface area contributed by atoms with E-state index in [0.29, 0.717) is 30.0 Å². The Kier molecular flexibility index (Phi) is 6.18. The first-order chi connectivity index (χ1) is 14.1. The number of hydrogen-bond donors (Lipinski definition) is 1. The lowest BCUT2D eigenvalue weighted by Gasteiger charge is -2.04. The molecule has 0 aliphatic heterocycles. The number of amides is 1. The van der Waals surface area contributed by atoms with E-state index in [-0.39, 0.29) is 11.3 Å². The molecule has 1 aromatic heterocycles. The van der Waals surface area contributed by atoms with Gasteiger partial charge in [-0.1, -0.05) is 30.3 Å². The van der Waals surface area contributed by atoms with Crippen LogP contribution in [0.3, 0.4) is 0 Å². The van der Waals surface area contributed by atoms with Crippen LogP contribution in [0.4, 0.5) is 5.69 Å². The van der Waals surface area contributed by atoms with Crippen molar-refractivity contribution in [3.8, 4) is 17.4 Å². The molecule has 1 N–H and O–H groups in total. The van der Waals surface area contributed by atoms with Crippen molar-refractivity contribution in [2.45, 2.75) is 6.42 Å². The number of nitrogens with one attached hydrogen (secondary N) is 1. The molecule has 0 saturated heterocycles. The van der Waals surface area contributed by atoms with E-state index in [4.69, 9.17) is 4.42 Å². The minimum absolute atomic E-state index is 0.0145. The van der Waals surface area contributed by atoms with Crippen molar-refractivity contribution in [1.29, 1.82) is 5.26 Å². The first-order valence-corrected chi connectivity index (χ1v) is 8.85. The summed E-state index contributed by atoms with van der Waals surface area (Å²) in [6, 6.07) is 20.8. The van der Waals surface area contributed by atoms with E-state index < -0.39 is 10.8 Å². The SMILES string of the molecule is N#C/C(=C\c1ccc(-c2ccc([N+](=O)[O-])cc2)o1)C(=O)NCCc1ccccc1. The number of non-ortho nitro benzene ring substituents is 1. The maximum Gasteiger partial charge on any atom is 0.269 e. The number of nitro groups is 1. The van der Waals surface area contributed by atoms with Gasteiger partial charge in [-0.25, -0.2) is 0 Å². The summed E-state index contributed by atoms with van der Waals surface area (Å²) in [6.07, 6.45) is 2.03. The average molecular weight is 387 g/mol. The van der Waals surface area contributed by atoms with E-state index in [2.05, 4.69) is 5.32 Å². The average Bonchev–Trinajstić information content (AvgIpc) is 3.21. The second-order valence-corrected chi connectivity index (χ2v) is 6.17. The Labute approximate surface area is 167 Å². The highest BCUT2D eigenvalue weighted by Crippen LogP contribution is 2.25. The van der Waals surface area contributed by atoms with Crippen LogP contribution < -0.4 is 5.32 Å². The Morgan fingerprint density at radius 3 is 2.48 bits per heavy atom. The third-order valence-electron chi connectivity index (χ3n) is 4.18. The van der Waals surface area contributed by atoms with Crippen molar-refractivity contribution in [2.75, 3.05) is 6.54 Å². The number of furan rings is 1. The molecule has 7 heteroatoms. The van der Waals surface area contributed by atoms with Gasteiger partial charge in [-0.15, -0.1) is 0 Å². The summed E-state index contributed by atoms with van der Waals surface area (Å²) < 4.78 is 5.65. The van der Waals surface area contributed by atoms with Gasteiger partial charge in [0.15, 0.2) is 0 Å². The molecule has 144 valence electrons. The zero-order valence-corrected chi connectivity index (χ0v) is 15.4. The minimum Gasteiger partial charge on any atom is -0.457 e. The number of rotatable bonds is 7. The molecule has 0 spiro atoms. The van der Waals surface area contributed by atoms with Gasteiger partial charge in [0.25, 0.3) is 11.6 Å². The maximum absolute atomic E-state index is 12.2. The zero-order chi connectivity index (χ0) is 20.6. The van der Waals surface area contributed by atoms with Gasteiger partial charge in [-0.05, 0) is 36.2 Å². The second-order valence-electron chi connectivity index (χ2n) is 6.17. The largest absolute Gasteiger partial charge is 0.457 e. The third-order valence-corrected chi connectivity index (χ3v) is 4.18. The van der Waals surface area contributed by atoms with Crippen molar-refractivity contribution in [1.82, 2.24) is 5.32 Å². The van der Waals surface area contributed by atoms with Gasteiger partial charge in [0.05, 0.1) is 4.92 Å². The Hall–Kier alpha value is -4.18. The number of benzene rings is 2. The van der Waals surface area contributed by atoms with Crippen LogP contribution in [0.15, 0.2) is 76.7 Å². The number of nitrogens with zero attached hydrogens (tertiary/aromatic N) is 2. The van der Waals surface area contributed by atoms with E-state index in [0.717, 1.165) is 5.56 Å². The lowest BCUT2D eigenvalue weighted by molar-refractivity contribution is -0.384. The van der Waals surface area contributed by atoms with Crippen LogP contribution in [-0.4, -0.2) is 17.4 Å². The molecule has 0 aliphatic rings. The Morgan fingerprint density at radius 2 is 1.83 bits per heavy atom. The van der Waals surface area contributed by atoms with E-state index in [1.54, 1.807) is 24.3 Å². The third kappa shape index (κ3) is 5.17. The smallest absolute Gasteiger partial charge is 0.269 e. The lowest BCUT2D eigenvalue weighted by atomic mass is 10.1. The summed E-state index contributed by atoms with van der Waals surface area (Å²) in [5.74, 6) is 0.345. The van der Waals surface area contributed by atoms with Crippen LogP contribution in [0.25, 0.3) is 17.4 Å². The van der Waals surface area contributed by atoms with Crippen molar-refractivity contribution >= 4 is 17.7 Å². The minimum atomic E-state index is -0.477. The van der Waals surface area contributed by atoms with Crippen LogP contribution in [0.2, 0.25) is 0 Å². The Bertz CT molecular complexity index is 1080. The predicted molar refractivity (Wildman–Crippen MR) is 108 cm³/mol. The molecule has 0 saturated carbocycles. The monoisotopic (exact) mass is 387 g/mol. The second kappa shape index (κ2) is 9.15. The van der Waals surface area contributed by atoms with Gasteiger partial charge < -0.3 is 9.73 Å². The number of carbonyl (C=O) groups excluding carboxylic acids is 1. The first-order valence-electron chi connectivity index (χ1n) is 8.85. The highest BCUT2D eigenvalue weighted by Gasteiger charge is 2.12. The fourth-order valence-corrected chi connectivity index (χ4v) is 2.68. The number of nitro benzene ring substituents is 1. The Balaban J connectivity index is 1.65. The molecule has 0 unspecified atom stereocenters. The van der Waals surface area contributed by atoms with E-state index in [1.807, 2.05) is 36.4 Å². The molecule has 0 atom stereocenters. The molecule has 3 aromatic rings. The number of nitriles is 1. The predicted octanol–water partition coefficient (Wildman–Crippen LogP) is 4.12. The summed E-state index contributed by atoms with van der Waals surface area (Å²) >= 11 is 0. The van der Waals surface area contributed by atoms with Gasteiger partial charge in [-0.2, -0.15) is 5.26 Å². The molecule has 0 radical (unpaired) electrons. The van der Waals surface area contributed by atoms with Gasteiger partial charge in [0.1, 0.15) is 23.2 Å².